The van der Waals surface area contributed by atoms with Crippen molar-refractivity contribution in [3.05, 3.63) is 59.1 Å². The van der Waals surface area contributed by atoms with Gasteiger partial charge in [0.15, 0.2) is 0 Å². The second kappa shape index (κ2) is 7.37. The lowest BCUT2D eigenvalue weighted by molar-refractivity contribution is -0.917. The Morgan fingerprint density at radius 2 is 1.93 bits per heavy atom. The molecule has 2 heterocycles. The van der Waals surface area contributed by atoms with Crippen LogP contribution in [0.25, 0.3) is 10.2 Å². The third-order valence-corrected chi connectivity index (χ3v) is 7.70. The Bertz CT molecular complexity index is 1080. The third kappa shape index (κ3) is 3.73. The molecule has 1 aromatic heterocycles. The van der Waals surface area contributed by atoms with E-state index in [1.165, 1.54) is 20.0 Å². The van der Waals surface area contributed by atoms with Gasteiger partial charge in [0.05, 0.1) is 52.9 Å². The number of fused-ring (bicyclic) bond motifs is 1. The van der Waals surface area contributed by atoms with Crippen molar-refractivity contribution < 1.29 is 13.3 Å². The first-order valence-electron chi connectivity index (χ1n) is 8.74. The predicted molar refractivity (Wildman–Crippen MR) is 104 cm³/mol. The van der Waals surface area contributed by atoms with Crippen LogP contribution in [-0.2, 0) is 16.6 Å². The van der Waals surface area contributed by atoms with E-state index >= 15 is 0 Å². The molecule has 1 aliphatic heterocycles. The molecule has 3 aromatic rings. The maximum atomic E-state index is 12.8. The highest BCUT2D eigenvalue weighted by molar-refractivity contribution is 7.89. The summed E-state index contributed by atoms with van der Waals surface area (Å²) in [6, 6.07) is 16.3. The normalized spacial score (nSPS) is 16.4. The smallest absolute Gasteiger partial charge is 0.243 e. The average molecular weight is 400 g/mol. The van der Waals surface area contributed by atoms with Gasteiger partial charge in [0, 0.05) is 0 Å². The number of nitriles is 1. The number of piperazine rings is 1. The Hall–Kier alpha value is -2.31. The molecular formula is C19H19N4O2S2+. The lowest BCUT2D eigenvalue weighted by Crippen LogP contribution is -3.13. The first-order valence-corrected chi connectivity index (χ1v) is 11.0. The summed E-state index contributed by atoms with van der Waals surface area (Å²) in [6.07, 6.45) is 0. The predicted octanol–water partition coefficient (Wildman–Crippen LogP) is 1.26. The number of aromatic nitrogens is 1. The van der Waals surface area contributed by atoms with Crippen molar-refractivity contribution in [1.29, 1.82) is 5.26 Å². The highest BCUT2D eigenvalue weighted by Gasteiger charge is 2.30. The molecule has 1 saturated heterocycles. The van der Waals surface area contributed by atoms with E-state index in [4.69, 9.17) is 5.26 Å². The van der Waals surface area contributed by atoms with E-state index in [9.17, 15) is 8.42 Å². The molecule has 0 radical (unpaired) electrons. The van der Waals surface area contributed by atoms with Crippen molar-refractivity contribution >= 4 is 31.6 Å². The lowest BCUT2D eigenvalue weighted by atomic mass is 10.2. The van der Waals surface area contributed by atoms with Crippen molar-refractivity contribution in [1.82, 2.24) is 9.29 Å². The SMILES string of the molecule is N#Cc1cccc(S(=O)(=O)N2CC[NH+](Cc3nc4ccccc4s3)CC2)c1. The Morgan fingerprint density at radius 1 is 1.15 bits per heavy atom. The highest BCUT2D eigenvalue weighted by atomic mass is 32.2. The minimum atomic E-state index is -3.56. The van der Waals surface area contributed by atoms with E-state index in [1.807, 2.05) is 24.3 Å². The molecule has 138 valence electrons. The van der Waals surface area contributed by atoms with E-state index in [-0.39, 0.29) is 4.90 Å². The quantitative estimate of drug-likeness (QED) is 0.716. The van der Waals surface area contributed by atoms with Crippen molar-refractivity contribution in [2.24, 2.45) is 0 Å². The number of thiazole rings is 1. The minimum absolute atomic E-state index is 0.191. The largest absolute Gasteiger partial charge is 0.327 e. The Labute approximate surface area is 162 Å². The van der Waals surface area contributed by atoms with Crippen molar-refractivity contribution in [2.45, 2.75) is 11.4 Å². The fourth-order valence-electron chi connectivity index (χ4n) is 3.30. The molecule has 0 saturated carbocycles. The van der Waals surface area contributed by atoms with Crippen molar-refractivity contribution in [3.63, 3.8) is 0 Å². The first-order chi connectivity index (χ1) is 13.1. The molecule has 1 aliphatic rings. The number of nitrogens with one attached hydrogen (secondary N) is 1. The molecule has 27 heavy (non-hydrogen) atoms. The van der Waals surface area contributed by atoms with Crippen molar-refractivity contribution in [2.75, 3.05) is 26.2 Å². The van der Waals surface area contributed by atoms with Crippen LogP contribution in [-0.4, -0.2) is 43.9 Å². The molecule has 1 N–H and O–H groups in total. The number of benzene rings is 2. The second-order valence-electron chi connectivity index (χ2n) is 6.55. The van der Waals surface area contributed by atoms with Crippen LogP contribution >= 0.6 is 11.3 Å². The number of hydrogen-bond acceptors (Lipinski definition) is 5. The van der Waals surface area contributed by atoms with Crippen LogP contribution in [0.15, 0.2) is 53.4 Å². The number of sulfonamides is 1. The third-order valence-electron chi connectivity index (χ3n) is 4.77. The summed E-state index contributed by atoms with van der Waals surface area (Å²) in [5.74, 6) is 0. The standard InChI is InChI=1S/C19H18N4O2S2/c20-13-15-4-3-5-16(12-15)27(24,25)23-10-8-22(9-11-23)14-19-21-17-6-1-2-7-18(17)26-19/h1-7,12H,8-11,14H2/p+1. The zero-order valence-corrected chi connectivity index (χ0v) is 16.3. The van der Waals surface area contributed by atoms with Crippen LogP contribution in [0, 0.1) is 11.3 Å². The Morgan fingerprint density at radius 3 is 2.67 bits per heavy atom. The van der Waals surface area contributed by atoms with E-state index in [0.717, 1.165) is 30.2 Å². The van der Waals surface area contributed by atoms with Gasteiger partial charge in [-0.05, 0) is 30.3 Å². The number of quaternary nitrogens is 1. The first kappa shape index (κ1) is 18.1. The monoisotopic (exact) mass is 399 g/mol. The summed E-state index contributed by atoms with van der Waals surface area (Å²) >= 11 is 1.70. The average Bonchev–Trinajstić information content (AvgIpc) is 3.10. The van der Waals surface area contributed by atoms with Crippen LogP contribution in [0.5, 0.6) is 0 Å². The maximum Gasteiger partial charge on any atom is 0.243 e. The highest BCUT2D eigenvalue weighted by Crippen LogP contribution is 2.21. The molecule has 0 atom stereocenters. The molecule has 0 unspecified atom stereocenters. The zero-order valence-electron chi connectivity index (χ0n) is 14.6. The number of nitrogens with zero attached hydrogens (tertiary/aromatic N) is 3. The van der Waals surface area contributed by atoms with Crippen molar-refractivity contribution in [3.8, 4) is 6.07 Å². The number of hydrogen-bond donors (Lipinski definition) is 1. The topological polar surface area (TPSA) is 78.5 Å². The summed E-state index contributed by atoms with van der Waals surface area (Å²) in [5.41, 5.74) is 1.38. The van der Waals surface area contributed by atoms with Crippen LogP contribution < -0.4 is 4.90 Å². The zero-order chi connectivity index (χ0) is 18.9. The summed E-state index contributed by atoms with van der Waals surface area (Å²) in [4.78, 5) is 6.21. The lowest BCUT2D eigenvalue weighted by Gasteiger charge is -2.31. The van der Waals surface area contributed by atoms with Gasteiger partial charge < -0.3 is 4.90 Å². The van der Waals surface area contributed by atoms with E-state index < -0.39 is 10.0 Å². The van der Waals surface area contributed by atoms with E-state index in [1.54, 1.807) is 29.5 Å². The second-order valence-corrected chi connectivity index (χ2v) is 9.60. The molecule has 1 fully saturated rings. The minimum Gasteiger partial charge on any atom is -0.327 e. The maximum absolute atomic E-state index is 12.8. The number of rotatable bonds is 4. The molecule has 4 rings (SSSR count). The Balaban J connectivity index is 1.43. The fourth-order valence-corrected chi connectivity index (χ4v) is 5.83. The summed E-state index contributed by atoms with van der Waals surface area (Å²) in [7, 11) is -3.56. The van der Waals surface area contributed by atoms with Crippen LogP contribution in [0.3, 0.4) is 0 Å². The van der Waals surface area contributed by atoms with Gasteiger partial charge in [-0.3, -0.25) is 0 Å². The van der Waals surface area contributed by atoms with Gasteiger partial charge in [-0.1, -0.05) is 18.2 Å². The molecule has 6 nitrogen and oxygen atoms in total. The van der Waals surface area contributed by atoms with Gasteiger partial charge in [-0.15, -0.1) is 11.3 Å². The van der Waals surface area contributed by atoms with Gasteiger partial charge in [0.1, 0.15) is 11.6 Å². The molecule has 0 amide bonds. The molecule has 0 aliphatic carbocycles. The molecular weight excluding hydrogens is 380 g/mol. The molecule has 0 spiro atoms. The van der Waals surface area contributed by atoms with E-state index in [2.05, 4.69) is 11.1 Å². The Kier molecular flexibility index (Phi) is 4.93. The molecule has 8 heteroatoms. The van der Waals surface area contributed by atoms with Gasteiger partial charge in [-0.25, -0.2) is 13.4 Å². The van der Waals surface area contributed by atoms with Crippen LogP contribution in [0.1, 0.15) is 10.6 Å². The number of para-hydroxylation sites is 1. The van der Waals surface area contributed by atoms with E-state index in [0.29, 0.717) is 18.7 Å². The van der Waals surface area contributed by atoms with Gasteiger partial charge in [0.2, 0.25) is 10.0 Å². The summed E-state index contributed by atoms with van der Waals surface area (Å²) in [6.45, 7) is 3.25. The van der Waals surface area contributed by atoms with Crippen LogP contribution in [0.2, 0.25) is 0 Å². The molecule has 2 aromatic carbocycles. The fraction of sp³-hybridized carbons (Fsp3) is 0.263. The van der Waals surface area contributed by atoms with Gasteiger partial charge >= 0.3 is 0 Å². The molecule has 0 bridgehead atoms. The van der Waals surface area contributed by atoms with Gasteiger partial charge in [-0.2, -0.15) is 9.57 Å². The van der Waals surface area contributed by atoms with Crippen LogP contribution in [0.4, 0.5) is 0 Å². The summed E-state index contributed by atoms with van der Waals surface area (Å²) in [5, 5.41) is 10.1. The van der Waals surface area contributed by atoms with Gasteiger partial charge in [0.25, 0.3) is 0 Å². The summed E-state index contributed by atoms with van der Waals surface area (Å²) < 4.78 is 28.4.